The van der Waals surface area contributed by atoms with E-state index in [1.165, 1.54) is 52.3 Å². The Morgan fingerprint density at radius 3 is 2.31 bits per heavy atom. The van der Waals surface area contributed by atoms with E-state index in [9.17, 15) is 18.0 Å². The molecular formula is C20H23NO7S. The summed E-state index contributed by atoms with van der Waals surface area (Å²) in [6.07, 6.45) is -1.16. The molecule has 1 atom stereocenters. The van der Waals surface area contributed by atoms with Gasteiger partial charge in [0, 0.05) is 11.8 Å². The second kappa shape index (κ2) is 9.42. The van der Waals surface area contributed by atoms with Gasteiger partial charge in [0.1, 0.15) is 0 Å². The molecule has 0 aliphatic rings. The van der Waals surface area contributed by atoms with Crippen LogP contribution in [0.4, 0.5) is 5.69 Å². The molecule has 0 aromatic heterocycles. The van der Waals surface area contributed by atoms with E-state index in [-0.39, 0.29) is 16.2 Å². The smallest absolute Gasteiger partial charge is 0.340 e. The van der Waals surface area contributed by atoms with E-state index in [1.54, 1.807) is 18.2 Å². The fourth-order valence-electron chi connectivity index (χ4n) is 2.50. The van der Waals surface area contributed by atoms with Crippen LogP contribution < -0.4 is 14.8 Å². The van der Waals surface area contributed by atoms with Crippen LogP contribution in [0.1, 0.15) is 24.2 Å². The molecule has 0 spiro atoms. The molecule has 0 heterocycles. The summed E-state index contributed by atoms with van der Waals surface area (Å²) in [7, 11) is -0.658. The van der Waals surface area contributed by atoms with Crippen molar-refractivity contribution in [3.8, 4) is 11.5 Å². The predicted molar refractivity (Wildman–Crippen MR) is 107 cm³/mol. The van der Waals surface area contributed by atoms with E-state index in [0.717, 1.165) is 0 Å². The lowest BCUT2D eigenvalue weighted by Crippen LogP contribution is -2.30. The number of carbonyl (C=O) groups is 2. The average Bonchev–Trinajstić information content (AvgIpc) is 2.73. The predicted octanol–water partition coefficient (Wildman–Crippen LogP) is 2.68. The number of nitrogens with one attached hydrogen (secondary N) is 1. The van der Waals surface area contributed by atoms with Gasteiger partial charge in [-0.15, -0.1) is 0 Å². The fourth-order valence-corrected chi connectivity index (χ4v) is 3.58. The van der Waals surface area contributed by atoms with Gasteiger partial charge in [-0.2, -0.15) is 0 Å². The van der Waals surface area contributed by atoms with Crippen molar-refractivity contribution in [1.82, 2.24) is 0 Å². The summed E-state index contributed by atoms with van der Waals surface area (Å²) in [6.45, 7) is 2.88. The number of carbonyl (C=O) groups excluding carboxylic acids is 2. The first-order valence-corrected chi connectivity index (χ1v) is 10.4. The molecule has 1 amide bonds. The van der Waals surface area contributed by atoms with Gasteiger partial charge in [0.05, 0.1) is 30.4 Å². The van der Waals surface area contributed by atoms with Crippen LogP contribution in [0.2, 0.25) is 0 Å². The third kappa shape index (κ3) is 5.26. The second-order valence-electron chi connectivity index (χ2n) is 6.01. The molecule has 0 unspecified atom stereocenters. The lowest BCUT2D eigenvalue weighted by Gasteiger charge is -2.16. The number of methoxy groups -OCH3 is 2. The van der Waals surface area contributed by atoms with Crippen molar-refractivity contribution in [3.63, 3.8) is 0 Å². The summed E-state index contributed by atoms with van der Waals surface area (Å²) in [5, 5.41) is 2.61. The van der Waals surface area contributed by atoms with Crippen LogP contribution >= 0.6 is 0 Å². The highest BCUT2D eigenvalue weighted by Gasteiger charge is 2.25. The molecule has 9 heteroatoms. The molecule has 29 heavy (non-hydrogen) atoms. The minimum Gasteiger partial charge on any atom is -0.493 e. The lowest BCUT2D eigenvalue weighted by atomic mass is 10.2. The van der Waals surface area contributed by atoms with E-state index in [4.69, 9.17) is 14.2 Å². The maximum absolute atomic E-state index is 12.5. The first-order valence-electron chi connectivity index (χ1n) is 8.79. The van der Waals surface area contributed by atoms with E-state index in [1.807, 2.05) is 0 Å². The number of benzene rings is 2. The number of anilines is 1. The van der Waals surface area contributed by atoms with Crippen molar-refractivity contribution in [1.29, 1.82) is 0 Å². The Labute approximate surface area is 169 Å². The maximum atomic E-state index is 12.5. The zero-order valence-electron chi connectivity index (χ0n) is 16.6. The van der Waals surface area contributed by atoms with Crippen molar-refractivity contribution in [2.24, 2.45) is 0 Å². The van der Waals surface area contributed by atoms with Crippen molar-refractivity contribution in [2.75, 3.05) is 25.3 Å². The molecule has 2 aromatic rings. The number of sulfone groups is 1. The van der Waals surface area contributed by atoms with Crippen LogP contribution in [0, 0.1) is 0 Å². The molecule has 2 aromatic carbocycles. The van der Waals surface area contributed by atoms with Crippen LogP contribution in [0.15, 0.2) is 47.4 Å². The molecule has 0 aliphatic heterocycles. The van der Waals surface area contributed by atoms with E-state index in [2.05, 4.69) is 5.32 Å². The number of ether oxygens (including phenoxy) is 3. The van der Waals surface area contributed by atoms with Crippen LogP contribution in [0.25, 0.3) is 0 Å². The monoisotopic (exact) mass is 421 g/mol. The third-order valence-corrected chi connectivity index (χ3v) is 5.91. The minimum atomic E-state index is -3.62. The van der Waals surface area contributed by atoms with Gasteiger partial charge in [-0.05, 0) is 31.2 Å². The zero-order valence-corrected chi connectivity index (χ0v) is 17.4. The standard InChI is InChI=1S/C20H23NO7S/c1-5-29(24,25)18-9-7-6-8-15(18)20(23)28-13(2)19(22)21-14-10-11-16(26-3)17(12-14)27-4/h6-13H,5H2,1-4H3,(H,21,22)/t13-/m0/s1. The first-order chi connectivity index (χ1) is 13.7. The summed E-state index contributed by atoms with van der Waals surface area (Å²) in [4.78, 5) is 24.7. The highest BCUT2D eigenvalue weighted by molar-refractivity contribution is 7.91. The van der Waals surface area contributed by atoms with Crippen LogP contribution in [0.5, 0.6) is 11.5 Å². The molecule has 156 valence electrons. The minimum absolute atomic E-state index is 0.111. The van der Waals surface area contributed by atoms with Crippen molar-refractivity contribution >= 4 is 27.4 Å². The van der Waals surface area contributed by atoms with Crippen molar-refractivity contribution in [2.45, 2.75) is 24.8 Å². The molecule has 0 saturated heterocycles. The Morgan fingerprint density at radius 1 is 1.03 bits per heavy atom. The molecule has 0 radical (unpaired) electrons. The topological polar surface area (TPSA) is 108 Å². The van der Waals surface area contributed by atoms with Gasteiger partial charge in [0.2, 0.25) is 0 Å². The fraction of sp³-hybridized carbons (Fsp3) is 0.300. The number of amides is 1. The highest BCUT2D eigenvalue weighted by Crippen LogP contribution is 2.29. The number of esters is 1. The summed E-state index contributed by atoms with van der Waals surface area (Å²) in [5.74, 6) is -0.714. The van der Waals surface area contributed by atoms with Gasteiger partial charge in [-0.3, -0.25) is 4.79 Å². The second-order valence-corrected chi connectivity index (χ2v) is 8.25. The summed E-state index contributed by atoms with van der Waals surface area (Å²) in [6, 6.07) is 10.5. The molecule has 0 fully saturated rings. The Kier molecular flexibility index (Phi) is 7.22. The van der Waals surface area contributed by atoms with Gasteiger partial charge >= 0.3 is 5.97 Å². The van der Waals surface area contributed by atoms with Gasteiger partial charge < -0.3 is 19.5 Å². The largest absolute Gasteiger partial charge is 0.493 e. The number of hydrogen-bond acceptors (Lipinski definition) is 7. The van der Waals surface area contributed by atoms with E-state index in [0.29, 0.717) is 17.2 Å². The van der Waals surface area contributed by atoms with Gasteiger partial charge in [0.15, 0.2) is 27.4 Å². The Balaban J connectivity index is 2.14. The Bertz CT molecular complexity index is 1000. The SMILES string of the molecule is CCS(=O)(=O)c1ccccc1C(=O)O[C@@H](C)C(=O)Nc1ccc(OC)c(OC)c1. The van der Waals surface area contributed by atoms with Crippen molar-refractivity contribution < 1.29 is 32.2 Å². The number of hydrogen-bond donors (Lipinski definition) is 1. The molecule has 0 aliphatic carbocycles. The van der Waals surface area contributed by atoms with Gasteiger partial charge in [0.25, 0.3) is 5.91 Å². The molecular weight excluding hydrogens is 398 g/mol. The Hall–Kier alpha value is -3.07. The van der Waals surface area contributed by atoms with Crippen LogP contribution in [-0.4, -0.2) is 46.4 Å². The van der Waals surface area contributed by atoms with E-state index >= 15 is 0 Å². The third-order valence-electron chi connectivity index (χ3n) is 4.13. The molecule has 0 bridgehead atoms. The normalized spacial score (nSPS) is 12.0. The zero-order chi connectivity index (χ0) is 21.6. The lowest BCUT2D eigenvalue weighted by molar-refractivity contribution is -0.123. The quantitative estimate of drug-likeness (QED) is 0.653. The molecule has 0 saturated carbocycles. The summed E-state index contributed by atoms with van der Waals surface area (Å²) in [5.41, 5.74) is 0.310. The van der Waals surface area contributed by atoms with Gasteiger partial charge in [-0.1, -0.05) is 19.1 Å². The van der Waals surface area contributed by atoms with E-state index < -0.39 is 27.8 Å². The van der Waals surface area contributed by atoms with Crippen LogP contribution in [-0.2, 0) is 19.4 Å². The molecule has 1 N–H and O–H groups in total. The summed E-state index contributed by atoms with van der Waals surface area (Å²) >= 11 is 0. The average molecular weight is 421 g/mol. The highest BCUT2D eigenvalue weighted by atomic mass is 32.2. The maximum Gasteiger partial charge on any atom is 0.340 e. The molecule has 8 nitrogen and oxygen atoms in total. The first kappa shape index (κ1) is 22.2. The number of rotatable bonds is 8. The Morgan fingerprint density at radius 2 is 1.69 bits per heavy atom. The van der Waals surface area contributed by atoms with Crippen molar-refractivity contribution in [3.05, 3.63) is 48.0 Å². The van der Waals surface area contributed by atoms with Crippen LogP contribution in [0.3, 0.4) is 0 Å². The molecule has 2 rings (SSSR count). The van der Waals surface area contributed by atoms with Gasteiger partial charge in [-0.25, -0.2) is 13.2 Å². The summed E-state index contributed by atoms with van der Waals surface area (Å²) < 4.78 is 39.9.